The highest BCUT2D eigenvalue weighted by Crippen LogP contribution is 2.53. The van der Waals surface area contributed by atoms with E-state index in [0.29, 0.717) is 22.9 Å². The number of nitrogens with zero attached hydrogens (tertiary/aromatic N) is 1. The van der Waals surface area contributed by atoms with Crippen LogP contribution in [-0.4, -0.2) is 23.5 Å². The number of allylic oxidation sites excluding steroid dienone is 1. The number of hydrogen-bond acceptors (Lipinski definition) is 3. The first kappa shape index (κ1) is 23.6. The summed E-state index contributed by atoms with van der Waals surface area (Å²) >= 11 is 1.85. The molecule has 2 bridgehead atoms. The summed E-state index contributed by atoms with van der Waals surface area (Å²) in [6.07, 6.45) is 13.2. The molecule has 3 saturated carbocycles. The van der Waals surface area contributed by atoms with E-state index >= 15 is 0 Å². The second-order valence-electron chi connectivity index (χ2n) is 10.5. The van der Waals surface area contributed by atoms with Gasteiger partial charge < -0.3 is 5.32 Å². The molecule has 0 amide bonds. The number of thioether (sulfide) groups is 1. The molecule has 1 N–H and O–H groups in total. The van der Waals surface area contributed by atoms with Gasteiger partial charge in [-0.25, -0.2) is 0 Å². The van der Waals surface area contributed by atoms with Crippen LogP contribution in [0.25, 0.3) is 5.57 Å². The molecule has 3 heteroatoms. The van der Waals surface area contributed by atoms with Crippen LogP contribution in [0.5, 0.6) is 0 Å². The number of rotatable bonds is 8. The average Bonchev–Trinajstić information content (AvgIpc) is 2.71. The molecule has 0 spiro atoms. The average molecular weight is 427 g/mol. The van der Waals surface area contributed by atoms with Crippen molar-refractivity contribution in [3.63, 3.8) is 0 Å². The van der Waals surface area contributed by atoms with Crippen LogP contribution in [0.1, 0.15) is 91.2 Å². The first-order valence-electron chi connectivity index (χ1n) is 11.9. The lowest BCUT2D eigenvalue weighted by Gasteiger charge is -2.54. The van der Waals surface area contributed by atoms with Crippen molar-refractivity contribution in [3.05, 3.63) is 35.5 Å². The number of aliphatic imine (C=N–C) groups is 1. The van der Waals surface area contributed by atoms with Crippen LogP contribution in [0.2, 0.25) is 0 Å². The molecule has 1 aromatic rings. The minimum atomic E-state index is 0.334. The Balaban J connectivity index is 1.75. The topological polar surface area (TPSA) is 24.4 Å². The molecule has 0 aliphatic heterocycles. The largest absolute Gasteiger partial charge is 0.309 e. The summed E-state index contributed by atoms with van der Waals surface area (Å²) < 4.78 is 0. The van der Waals surface area contributed by atoms with E-state index < -0.39 is 0 Å². The molecule has 3 aliphatic carbocycles. The molecule has 0 radical (unpaired) electrons. The highest BCUT2D eigenvalue weighted by Gasteiger charge is 2.49. The van der Waals surface area contributed by atoms with Gasteiger partial charge in [0.25, 0.3) is 0 Å². The molecule has 0 atom stereocenters. The van der Waals surface area contributed by atoms with E-state index in [2.05, 4.69) is 77.5 Å². The summed E-state index contributed by atoms with van der Waals surface area (Å²) in [5, 5.41) is 3.89. The van der Waals surface area contributed by atoms with Gasteiger partial charge in [0, 0.05) is 33.8 Å². The van der Waals surface area contributed by atoms with Crippen LogP contribution in [0.4, 0.5) is 0 Å². The molecule has 166 valence electrons. The molecule has 2 nitrogen and oxygen atoms in total. The molecule has 3 fully saturated rings. The zero-order valence-electron chi connectivity index (χ0n) is 20.3. The molecule has 0 heterocycles. The van der Waals surface area contributed by atoms with Crippen molar-refractivity contribution in [1.82, 2.24) is 5.32 Å². The van der Waals surface area contributed by atoms with E-state index in [9.17, 15) is 0 Å². The standard InChI is InChI=1S/C27H42N2S/c1-19(2)16-23-8-9-24(25(17-23)30-7)21(5)18-28-22(6)26-10-13-27(14-11-26,15-12-26)29-20(3)4/h8-9,17-20,29H,10-16H2,1-7H3/b21-18+,28-22?. The summed E-state index contributed by atoms with van der Waals surface area (Å²) in [7, 11) is 0. The lowest BCUT2D eigenvalue weighted by Crippen LogP contribution is -2.58. The van der Waals surface area contributed by atoms with Gasteiger partial charge in [0.15, 0.2) is 0 Å². The molecular weight excluding hydrogens is 384 g/mol. The van der Waals surface area contributed by atoms with Crippen molar-refractivity contribution in [3.8, 4) is 0 Å². The van der Waals surface area contributed by atoms with Gasteiger partial charge >= 0.3 is 0 Å². The van der Waals surface area contributed by atoms with Crippen molar-refractivity contribution in [1.29, 1.82) is 0 Å². The smallest absolute Gasteiger partial charge is 0.0302 e. The van der Waals surface area contributed by atoms with Crippen molar-refractivity contribution >= 4 is 23.0 Å². The number of hydrogen-bond donors (Lipinski definition) is 1. The lowest BCUT2D eigenvalue weighted by molar-refractivity contribution is 0.0639. The van der Waals surface area contributed by atoms with Crippen molar-refractivity contribution in [2.24, 2.45) is 16.3 Å². The van der Waals surface area contributed by atoms with Crippen molar-refractivity contribution in [2.45, 2.75) is 103 Å². The fourth-order valence-electron chi connectivity index (χ4n) is 5.62. The van der Waals surface area contributed by atoms with Gasteiger partial charge in [0.05, 0.1) is 0 Å². The third-order valence-electron chi connectivity index (χ3n) is 7.40. The van der Waals surface area contributed by atoms with E-state index in [0.717, 1.165) is 6.42 Å². The Morgan fingerprint density at radius 1 is 1.07 bits per heavy atom. The zero-order chi connectivity index (χ0) is 21.9. The summed E-state index contributed by atoms with van der Waals surface area (Å²) in [6.45, 7) is 13.6. The Hall–Kier alpha value is -1.06. The maximum Gasteiger partial charge on any atom is 0.0302 e. The quantitative estimate of drug-likeness (QED) is 0.343. The lowest BCUT2D eigenvalue weighted by atomic mass is 9.55. The molecule has 0 saturated heterocycles. The Bertz CT molecular complexity index is 779. The van der Waals surface area contributed by atoms with E-state index in [1.807, 2.05) is 11.8 Å². The Kier molecular flexibility index (Phi) is 7.56. The summed E-state index contributed by atoms with van der Waals surface area (Å²) in [5.74, 6) is 0.689. The van der Waals surface area contributed by atoms with Gasteiger partial charge in [-0.15, -0.1) is 11.8 Å². The molecule has 0 unspecified atom stereocenters. The first-order chi connectivity index (χ1) is 14.2. The summed E-state index contributed by atoms with van der Waals surface area (Å²) in [5.41, 5.74) is 6.12. The fraction of sp³-hybridized carbons (Fsp3) is 0.667. The van der Waals surface area contributed by atoms with Crippen molar-refractivity contribution in [2.75, 3.05) is 6.26 Å². The van der Waals surface area contributed by atoms with Gasteiger partial charge in [-0.1, -0.05) is 39.8 Å². The predicted octanol–water partition coefficient (Wildman–Crippen LogP) is 7.52. The maximum absolute atomic E-state index is 5.05. The fourth-order valence-corrected chi connectivity index (χ4v) is 6.34. The molecule has 1 aromatic carbocycles. The predicted molar refractivity (Wildman–Crippen MR) is 135 cm³/mol. The third kappa shape index (κ3) is 5.22. The normalized spacial score (nSPS) is 27.4. The Morgan fingerprint density at radius 3 is 2.23 bits per heavy atom. The van der Waals surface area contributed by atoms with E-state index in [1.165, 1.54) is 65.8 Å². The zero-order valence-corrected chi connectivity index (χ0v) is 21.1. The van der Waals surface area contributed by atoms with Crippen LogP contribution >= 0.6 is 11.8 Å². The van der Waals surface area contributed by atoms with Crippen molar-refractivity contribution < 1.29 is 0 Å². The number of fused-ring (bicyclic) bond motifs is 3. The molecule has 30 heavy (non-hydrogen) atoms. The van der Waals surface area contributed by atoms with Crippen LogP contribution in [0.15, 0.2) is 34.3 Å². The highest BCUT2D eigenvalue weighted by atomic mass is 32.2. The first-order valence-corrected chi connectivity index (χ1v) is 13.1. The monoisotopic (exact) mass is 426 g/mol. The minimum absolute atomic E-state index is 0.334. The molecule has 3 aliphatic rings. The van der Waals surface area contributed by atoms with Crippen LogP contribution in [0.3, 0.4) is 0 Å². The van der Waals surface area contributed by atoms with Crippen LogP contribution in [-0.2, 0) is 6.42 Å². The van der Waals surface area contributed by atoms with Crippen LogP contribution < -0.4 is 5.32 Å². The molecule has 0 aromatic heterocycles. The summed E-state index contributed by atoms with van der Waals surface area (Å²) in [6, 6.07) is 7.54. The SMILES string of the molecule is CSc1cc(CC(C)C)ccc1/C(C)=C/N=C(C)C12CCC(NC(C)C)(CC1)CC2. The third-order valence-corrected chi connectivity index (χ3v) is 8.17. The number of benzene rings is 1. The second-order valence-corrected chi connectivity index (χ2v) is 11.4. The van der Waals surface area contributed by atoms with Gasteiger partial charge in [-0.2, -0.15) is 0 Å². The van der Waals surface area contributed by atoms with Gasteiger partial charge in [0.2, 0.25) is 0 Å². The van der Waals surface area contributed by atoms with Gasteiger partial charge in [0.1, 0.15) is 0 Å². The Labute approximate surface area is 189 Å². The molecular formula is C27H42N2S. The highest BCUT2D eigenvalue weighted by molar-refractivity contribution is 7.98. The molecule has 4 rings (SSSR count). The van der Waals surface area contributed by atoms with E-state index in [1.54, 1.807) is 0 Å². The number of nitrogens with one attached hydrogen (secondary N) is 1. The minimum Gasteiger partial charge on any atom is -0.309 e. The summed E-state index contributed by atoms with van der Waals surface area (Å²) in [4.78, 5) is 6.41. The van der Waals surface area contributed by atoms with Gasteiger partial charge in [-0.05, 0) is 93.7 Å². The second kappa shape index (κ2) is 9.61. The maximum atomic E-state index is 5.05. The van der Waals surface area contributed by atoms with Gasteiger partial charge in [-0.3, -0.25) is 4.99 Å². The van der Waals surface area contributed by atoms with Crippen LogP contribution in [0, 0.1) is 11.3 Å². The van der Waals surface area contributed by atoms with E-state index in [-0.39, 0.29) is 0 Å². The van der Waals surface area contributed by atoms with E-state index in [4.69, 9.17) is 4.99 Å². The Morgan fingerprint density at radius 2 is 1.70 bits per heavy atom.